The Morgan fingerprint density at radius 1 is 0.677 bits per heavy atom. The van der Waals surface area contributed by atoms with E-state index in [4.69, 9.17) is 32.0 Å². The van der Waals surface area contributed by atoms with Gasteiger partial charge in [0.2, 0.25) is 0 Å². The third-order valence-corrected chi connectivity index (χ3v) is 5.23. The molecule has 2 heterocycles. The third kappa shape index (κ3) is 6.14. The van der Waals surface area contributed by atoms with Gasteiger partial charge in [-0.15, -0.1) is 23.6 Å². The molecule has 0 saturated carbocycles. The first-order valence-corrected chi connectivity index (χ1v) is 10.4. The Morgan fingerprint density at radius 2 is 1.10 bits per heavy atom. The van der Waals surface area contributed by atoms with Crippen LogP contribution in [-0.2, 0) is 13.1 Å². The summed E-state index contributed by atoms with van der Waals surface area (Å²) in [5.74, 6) is 3.41. The summed E-state index contributed by atoms with van der Waals surface area (Å²) in [6, 6.07) is 23.2. The normalized spacial score (nSPS) is 10.8. The first-order chi connectivity index (χ1) is 14.6. The summed E-state index contributed by atoms with van der Waals surface area (Å²) in [4.78, 5) is 2.21. The minimum Gasteiger partial charge on any atom is -0.460 e. The lowest BCUT2D eigenvalue weighted by Crippen LogP contribution is -2.22. The van der Waals surface area contributed by atoms with Crippen LogP contribution < -0.4 is 0 Å². The number of rotatable bonds is 8. The number of benzene rings is 2. The number of hydrogen-bond acceptors (Lipinski definition) is 3. The Balaban J connectivity index is 0.00000272. The van der Waals surface area contributed by atoms with Crippen LogP contribution in [0.4, 0.5) is 0 Å². The van der Waals surface area contributed by atoms with Crippen molar-refractivity contribution < 1.29 is 8.83 Å². The highest BCUT2D eigenvalue weighted by Crippen LogP contribution is 2.26. The van der Waals surface area contributed by atoms with E-state index in [1.54, 1.807) is 0 Å². The molecule has 0 atom stereocenters. The van der Waals surface area contributed by atoms with E-state index in [0.717, 1.165) is 34.2 Å². The Morgan fingerprint density at radius 3 is 1.48 bits per heavy atom. The van der Waals surface area contributed by atoms with Crippen LogP contribution in [0.2, 0.25) is 10.0 Å². The molecule has 3 nitrogen and oxygen atoms in total. The fraction of sp³-hybridized carbons (Fsp3) is 0.120. The van der Waals surface area contributed by atoms with Gasteiger partial charge in [0, 0.05) is 27.7 Å². The van der Waals surface area contributed by atoms with Gasteiger partial charge in [-0.2, -0.15) is 0 Å². The standard InChI is InChI=1S/C25H21Cl2NO2.BrH/c1-2-15-28(16-22-11-13-24(29-22)18-3-7-20(26)8-4-18)17-23-12-14-25(30-23)19-5-9-21(27)10-6-19;/h2-14H,1,15-17H2;1H. The van der Waals surface area contributed by atoms with Crippen LogP contribution in [0, 0.1) is 0 Å². The highest BCUT2D eigenvalue weighted by atomic mass is 79.9. The van der Waals surface area contributed by atoms with Crippen molar-refractivity contribution in [3.63, 3.8) is 0 Å². The number of halogens is 3. The summed E-state index contributed by atoms with van der Waals surface area (Å²) in [7, 11) is 0. The topological polar surface area (TPSA) is 29.5 Å². The predicted molar refractivity (Wildman–Crippen MR) is 133 cm³/mol. The second-order valence-electron chi connectivity index (χ2n) is 7.00. The molecule has 0 radical (unpaired) electrons. The largest absolute Gasteiger partial charge is 0.460 e. The molecule has 0 amide bonds. The Bertz CT molecular complexity index is 1030. The van der Waals surface area contributed by atoms with E-state index in [1.807, 2.05) is 78.9 Å². The molecule has 0 bridgehead atoms. The SMILES string of the molecule is Br.C=CCN(Cc1ccc(-c2ccc(Cl)cc2)o1)Cc1ccc(-c2ccc(Cl)cc2)o1. The molecular weight excluding hydrogens is 497 g/mol. The maximum Gasteiger partial charge on any atom is 0.134 e. The van der Waals surface area contributed by atoms with Crippen molar-refractivity contribution in [2.24, 2.45) is 0 Å². The average Bonchev–Trinajstić information content (AvgIpc) is 3.39. The van der Waals surface area contributed by atoms with Gasteiger partial charge in [-0.3, -0.25) is 4.90 Å². The quantitative estimate of drug-likeness (QED) is 0.220. The molecule has 31 heavy (non-hydrogen) atoms. The minimum atomic E-state index is 0. The maximum absolute atomic E-state index is 6.05. The summed E-state index contributed by atoms with van der Waals surface area (Å²) < 4.78 is 12.1. The summed E-state index contributed by atoms with van der Waals surface area (Å²) in [5, 5.41) is 1.42. The number of nitrogens with zero attached hydrogens (tertiary/aromatic N) is 1. The molecule has 0 saturated heterocycles. The van der Waals surface area contributed by atoms with Crippen LogP contribution in [0.5, 0.6) is 0 Å². The van der Waals surface area contributed by atoms with E-state index in [-0.39, 0.29) is 17.0 Å². The van der Waals surface area contributed by atoms with E-state index in [1.165, 1.54) is 0 Å². The van der Waals surface area contributed by atoms with Crippen LogP contribution in [0.1, 0.15) is 11.5 Å². The molecule has 0 unspecified atom stereocenters. The van der Waals surface area contributed by atoms with E-state index < -0.39 is 0 Å². The van der Waals surface area contributed by atoms with Crippen molar-refractivity contribution >= 4 is 40.2 Å². The fourth-order valence-corrected chi connectivity index (χ4v) is 3.52. The monoisotopic (exact) mass is 517 g/mol. The zero-order valence-corrected chi connectivity index (χ0v) is 20.0. The van der Waals surface area contributed by atoms with Gasteiger partial charge in [-0.05, 0) is 72.8 Å². The minimum absolute atomic E-state index is 0. The summed E-state index contributed by atoms with van der Waals surface area (Å²) in [5.41, 5.74) is 2.00. The van der Waals surface area contributed by atoms with E-state index >= 15 is 0 Å². The molecule has 0 aliphatic heterocycles. The second-order valence-corrected chi connectivity index (χ2v) is 7.88. The summed E-state index contributed by atoms with van der Waals surface area (Å²) in [6.07, 6.45) is 1.88. The van der Waals surface area contributed by atoms with Crippen molar-refractivity contribution in [2.45, 2.75) is 13.1 Å². The molecule has 0 spiro atoms. The van der Waals surface area contributed by atoms with Crippen LogP contribution in [0.15, 0.2) is 94.3 Å². The van der Waals surface area contributed by atoms with E-state index in [9.17, 15) is 0 Å². The second kappa shape index (κ2) is 10.9. The zero-order chi connectivity index (χ0) is 20.9. The summed E-state index contributed by atoms with van der Waals surface area (Å²) >= 11 is 11.9. The first-order valence-electron chi connectivity index (χ1n) is 9.63. The Kier molecular flexibility index (Phi) is 8.22. The van der Waals surface area contributed by atoms with Gasteiger partial charge in [0.1, 0.15) is 23.0 Å². The van der Waals surface area contributed by atoms with Gasteiger partial charge in [-0.1, -0.05) is 29.3 Å². The van der Waals surface area contributed by atoms with E-state index in [0.29, 0.717) is 29.7 Å². The van der Waals surface area contributed by atoms with Gasteiger partial charge >= 0.3 is 0 Å². The Labute approximate surface area is 202 Å². The average molecular weight is 519 g/mol. The molecule has 0 N–H and O–H groups in total. The molecule has 160 valence electrons. The highest BCUT2D eigenvalue weighted by molar-refractivity contribution is 8.93. The highest BCUT2D eigenvalue weighted by Gasteiger charge is 2.13. The molecule has 2 aromatic carbocycles. The molecule has 0 aliphatic rings. The van der Waals surface area contributed by atoms with Crippen molar-refractivity contribution in [1.82, 2.24) is 4.90 Å². The first kappa shape index (κ1) is 23.4. The lowest BCUT2D eigenvalue weighted by atomic mass is 10.2. The van der Waals surface area contributed by atoms with E-state index in [2.05, 4.69) is 11.5 Å². The molecular formula is C25H22BrCl2NO2. The van der Waals surface area contributed by atoms with Crippen molar-refractivity contribution in [3.05, 3.63) is 107 Å². The molecule has 6 heteroatoms. The molecule has 0 fully saturated rings. The Hall–Kier alpha value is -2.24. The van der Waals surface area contributed by atoms with Gasteiger partial charge < -0.3 is 8.83 Å². The van der Waals surface area contributed by atoms with Crippen LogP contribution in [0.25, 0.3) is 22.6 Å². The maximum atomic E-state index is 6.05. The lowest BCUT2D eigenvalue weighted by molar-refractivity contribution is 0.242. The lowest BCUT2D eigenvalue weighted by Gasteiger charge is -2.18. The summed E-state index contributed by atoms with van der Waals surface area (Å²) in [6.45, 7) is 5.89. The zero-order valence-electron chi connectivity index (χ0n) is 16.8. The number of furan rings is 2. The van der Waals surface area contributed by atoms with Crippen LogP contribution >= 0.6 is 40.2 Å². The van der Waals surface area contributed by atoms with Crippen LogP contribution in [0.3, 0.4) is 0 Å². The fourth-order valence-electron chi connectivity index (χ4n) is 3.27. The van der Waals surface area contributed by atoms with Gasteiger partial charge in [0.15, 0.2) is 0 Å². The molecule has 4 rings (SSSR count). The van der Waals surface area contributed by atoms with Crippen molar-refractivity contribution in [2.75, 3.05) is 6.54 Å². The third-order valence-electron chi connectivity index (χ3n) is 4.73. The van der Waals surface area contributed by atoms with Gasteiger partial charge in [0.05, 0.1) is 13.1 Å². The predicted octanol–water partition coefficient (Wildman–Crippen LogP) is 8.28. The molecule has 2 aromatic heterocycles. The van der Waals surface area contributed by atoms with Gasteiger partial charge in [0.25, 0.3) is 0 Å². The molecule has 0 aliphatic carbocycles. The van der Waals surface area contributed by atoms with Crippen LogP contribution in [-0.4, -0.2) is 11.4 Å². The van der Waals surface area contributed by atoms with Crippen molar-refractivity contribution in [1.29, 1.82) is 0 Å². The smallest absolute Gasteiger partial charge is 0.134 e. The van der Waals surface area contributed by atoms with Crippen molar-refractivity contribution in [3.8, 4) is 22.6 Å². The van der Waals surface area contributed by atoms with Gasteiger partial charge in [-0.25, -0.2) is 0 Å². The number of hydrogen-bond donors (Lipinski definition) is 0. The molecule has 4 aromatic rings.